The summed E-state index contributed by atoms with van der Waals surface area (Å²) in [5.74, 6) is 0.378. The maximum absolute atomic E-state index is 2.62. The van der Waals surface area contributed by atoms with E-state index in [0.29, 0.717) is 5.92 Å². The highest BCUT2D eigenvalue weighted by atomic mass is 32.1. The van der Waals surface area contributed by atoms with Crippen molar-refractivity contribution in [3.63, 3.8) is 0 Å². The second-order valence-corrected chi connectivity index (χ2v) is 24.3. The molecule has 4 heteroatoms. The summed E-state index contributed by atoms with van der Waals surface area (Å²) < 4.78 is 2.74. The van der Waals surface area contributed by atoms with Crippen molar-refractivity contribution in [3.05, 3.63) is 186 Å². The molecule has 0 atom stereocenters. The molecular formula is C65H61BN2S. The number of anilines is 6. The summed E-state index contributed by atoms with van der Waals surface area (Å²) in [6.07, 6.45) is 0. The van der Waals surface area contributed by atoms with Crippen molar-refractivity contribution in [2.45, 2.75) is 98.3 Å². The minimum absolute atomic E-state index is 0.0121. The van der Waals surface area contributed by atoms with Crippen LogP contribution in [0.5, 0.6) is 0 Å². The van der Waals surface area contributed by atoms with Gasteiger partial charge in [0.05, 0.1) is 11.4 Å². The highest BCUT2D eigenvalue weighted by Crippen LogP contribution is 2.51. The van der Waals surface area contributed by atoms with Crippen LogP contribution in [0.25, 0.3) is 53.5 Å². The van der Waals surface area contributed by atoms with E-state index in [1.54, 1.807) is 0 Å². The van der Waals surface area contributed by atoms with E-state index in [1.807, 2.05) is 11.3 Å². The zero-order valence-corrected chi connectivity index (χ0v) is 42.9. The van der Waals surface area contributed by atoms with Gasteiger partial charge in [0, 0.05) is 43.2 Å². The second-order valence-electron chi connectivity index (χ2n) is 23.2. The van der Waals surface area contributed by atoms with Gasteiger partial charge in [0.1, 0.15) is 0 Å². The van der Waals surface area contributed by atoms with Crippen LogP contribution in [-0.2, 0) is 16.2 Å². The van der Waals surface area contributed by atoms with E-state index in [2.05, 4.69) is 250 Å². The van der Waals surface area contributed by atoms with Crippen LogP contribution in [0.3, 0.4) is 0 Å². The van der Waals surface area contributed by atoms with Crippen LogP contribution >= 0.6 is 11.3 Å². The highest BCUT2D eigenvalue weighted by molar-refractivity contribution is 7.33. The fraction of sp³-hybridized carbons (Fsp3) is 0.231. The SMILES string of the molecule is CC(C)c1ccc2c(c1)B1c3sc4ccc(C(C)(C)C)cc4c3N(c3ccc(C(C)(C)C)cc3)c3cccc(c31)N2c1ccc(C(C)(C)C)cc1-c1ccc2c3ccccc3c3ccccc3c2c1. The lowest BCUT2D eigenvalue weighted by molar-refractivity contribution is 0.590. The Kier molecular flexibility index (Phi) is 9.77. The van der Waals surface area contributed by atoms with Crippen molar-refractivity contribution in [1.29, 1.82) is 0 Å². The van der Waals surface area contributed by atoms with Gasteiger partial charge < -0.3 is 9.80 Å². The number of nitrogens with zero attached hydrogens (tertiary/aromatic N) is 2. The third kappa shape index (κ3) is 6.88. The monoisotopic (exact) mass is 912 g/mol. The summed E-state index contributed by atoms with van der Waals surface area (Å²) in [6.45, 7) is 25.7. The maximum atomic E-state index is 2.62. The Hall–Kier alpha value is -6.62. The number of thiophene rings is 1. The summed E-state index contributed by atoms with van der Waals surface area (Å²) in [5, 5.41) is 9.08. The predicted octanol–water partition coefficient (Wildman–Crippen LogP) is 17.1. The first kappa shape index (κ1) is 43.7. The van der Waals surface area contributed by atoms with Gasteiger partial charge in [-0.15, -0.1) is 11.3 Å². The third-order valence-electron chi connectivity index (χ3n) is 15.3. The van der Waals surface area contributed by atoms with Gasteiger partial charge in [-0.3, -0.25) is 0 Å². The largest absolute Gasteiger partial charge is 0.311 e. The van der Waals surface area contributed by atoms with Crippen molar-refractivity contribution in [1.82, 2.24) is 0 Å². The molecule has 0 spiro atoms. The summed E-state index contributed by atoms with van der Waals surface area (Å²) >= 11 is 1.99. The smallest absolute Gasteiger partial charge is 0.264 e. The van der Waals surface area contributed by atoms with E-state index in [-0.39, 0.29) is 23.0 Å². The molecule has 69 heavy (non-hydrogen) atoms. The van der Waals surface area contributed by atoms with Crippen LogP contribution in [0.15, 0.2) is 164 Å². The fourth-order valence-corrected chi connectivity index (χ4v) is 12.7. The van der Waals surface area contributed by atoms with Gasteiger partial charge in [-0.2, -0.15) is 0 Å². The molecule has 0 aliphatic carbocycles. The molecule has 0 saturated carbocycles. The lowest BCUT2D eigenvalue weighted by atomic mass is 9.36. The van der Waals surface area contributed by atoms with Gasteiger partial charge in [0.25, 0.3) is 6.71 Å². The first-order chi connectivity index (χ1) is 33.0. The van der Waals surface area contributed by atoms with Gasteiger partial charge in [-0.25, -0.2) is 0 Å². The minimum atomic E-state index is -0.0521. The van der Waals surface area contributed by atoms with E-state index in [4.69, 9.17) is 0 Å². The summed E-state index contributed by atoms with van der Waals surface area (Å²) in [4.78, 5) is 5.23. The third-order valence-corrected chi connectivity index (χ3v) is 16.5. The van der Waals surface area contributed by atoms with Crippen LogP contribution in [-0.4, -0.2) is 6.71 Å². The van der Waals surface area contributed by atoms with Crippen molar-refractivity contribution in [2.24, 2.45) is 0 Å². The number of rotatable bonds is 4. The average molecular weight is 913 g/mol. The van der Waals surface area contributed by atoms with Crippen molar-refractivity contribution >= 4 is 110 Å². The van der Waals surface area contributed by atoms with Crippen LogP contribution < -0.4 is 25.5 Å². The zero-order valence-electron chi connectivity index (χ0n) is 42.0. The van der Waals surface area contributed by atoms with Gasteiger partial charge >= 0.3 is 0 Å². The molecule has 0 saturated heterocycles. The molecule has 0 unspecified atom stereocenters. The first-order valence-electron chi connectivity index (χ1n) is 25.0. The lowest BCUT2D eigenvalue weighted by Crippen LogP contribution is -2.60. The molecule has 0 radical (unpaired) electrons. The Labute approximate surface area is 413 Å². The second kappa shape index (κ2) is 15.4. The molecule has 2 aliphatic heterocycles. The highest BCUT2D eigenvalue weighted by Gasteiger charge is 2.46. The Morgan fingerprint density at radius 1 is 0.435 bits per heavy atom. The molecular weight excluding hydrogens is 852 g/mol. The molecule has 10 aromatic rings. The first-order valence-corrected chi connectivity index (χ1v) is 25.8. The molecule has 3 heterocycles. The normalized spacial score (nSPS) is 13.8. The summed E-state index contributed by atoms with van der Waals surface area (Å²) in [6, 6.07) is 63.5. The van der Waals surface area contributed by atoms with E-state index < -0.39 is 0 Å². The number of benzene rings is 9. The fourth-order valence-electron chi connectivity index (χ4n) is 11.4. The number of fused-ring (bicyclic) bond motifs is 12. The summed E-state index contributed by atoms with van der Waals surface area (Å²) in [5.41, 5.74) is 18.0. The Morgan fingerprint density at radius 2 is 0.986 bits per heavy atom. The molecule has 0 N–H and O–H groups in total. The molecule has 2 nitrogen and oxygen atoms in total. The molecule has 0 amide bonds. The minimum Gasteiger partial charge on any atom is -0.311 e. The van der Waals surface area contributed by atoms with Gasteiger partial charge in [0.2, 0.25) is 0 Å². The predicted molar refractivity (Wildman–Crippen MR) is 304 cm³/mol. The number of hydrogen-bond donors (Lipinski definition) is 0. The van der Waals surface area contributed by atoms with Crippen molar-refractivity contribution < 1.29 is 0 Å². The molecule has 0 fully saturated rings. The Balaban J connectivity index is 1.16. The molecule has 9 aromatic carbocycles. The molecule has 340 valence electrons. The molecule has 1 aromatic heterocycles. The Bertz CT molecular complexity index is 3690. The quantitative estimate of drug-likeness (QED) is 0.128. The molecule has 12 rings (SSSR count). The average Bonchev–Trinajstić information content (AvgIpc) is 3.71. The lowest BCUT2D eigenvalue weighted by Gasteiger charge is -2.44. The van der Waals surface area contributed by atoms with Crippen LogP contribution in [0.1, 0.15) is 104 Å². The van der Waals surface area contributed by atoms with Crippen molar-refractivity contribution in [3.8, 4) is 11.1 Å². The molecule has 2 aliphatic rings. The van der Waals surface area contributed by atoms with E-state index >= 15 is 0 Å². The maximum Gasteiger partial charge on any atom is 0.264 e. The van der Waals surface area contributed by atoms with Crippen LogP contribution in [0.4, 0.5) is 34.1 Å². The molecule has 0 bridgehead atoms. The van der Waals surface area contributed by atoms with Gasteiger partial charge in [-0.05, 0) is 154 Å². The van der Waals surface area contributed by atoms with E-state index in [1.165, 1.54) is 126 Å². The van der Waals surface area contributed by atoms with Crippen LogP contribution in [0, 0.1) is 0 Å². The van der Waals surface area contributed by atoms with E-state index in [9.17, 15) is 0 Å². The number of hydrogen-bond acceptors (Lipinski definition) is 3. The standard InChI is InChI=1S/C65H61BN2S/c1-39(2)40-24-32-56-54(36-40)66-60-57(67(45-29-25-42(26-30-45)63(3,4)5)61-53-38-44(65(9,10)11)28-34-59(53)69-62(61)66)21-16-22-58(60)68(56)55-33-27-43(64(6,7)8)37-51(55)41-23-31-50-48-19-13-12-17-46(48)47-18-14-15-20-49(47)52(50)35-41/h12-39H,1-11H3. The summed E-state index contributed by atoms with van der Waals surface area (Å²) in [7, 11) is 0. The van der Waals surface area contributed by atoms with Gasteiger partial charge in [0.15, 0.2) is 0 Å². The van der Waals surface area contributed by atoms with Crippen LogP contribution in [0.2, 0.25) is 0 Å². The Morgan fingerprint density at radius 3 is 1.61 bits per heavy atom. The van der Waals surface area contributed by atoms with E-state index in [0.717, 1.165) is 0 Å². The zero-order chi connectivity index (χ0) is 47.9. The van der Waals surface area contributed by atoms with Crippen molar-refractivity contribution in [2.75, 3.05) is 9.80 Å². The topological polar surface area (TPSA) is 6.48 Å². The van der Waals surface area contributed by atoms with Gasteiger partial charge in [-0.1, -0.05) is 179 Å².